The minimum atomic E-state index is 0.176. The molecule has 0 aromatic carbocycles. The molecule has 0 aromatic heterocycles. The smallest absolute Gasteiger partial charge is 0.226 e. The molecule has 1 amide bonds. The second-order valence-corrected chi connectivity index (χ2v) is 6.96. The predicted octanol–water partition coefficient (Wildman–Crippen LogP) is 2.40. The van der Waals surface area contributed by atoms with Crippen molar-refractivity contribution in [2.75, 3.05) is 13.1 Å². The lowest BCUT2D eigenvalue weighted by Crippen LogP contribution is -2.45. The number of hydrogen-bond donors (Lipinski definition) is 1. The zero-order chi connectivity index (χ0) is 13.3. The Morgan fingerprint density at radius 2 is 2.11 bits per heavy atom. The van der Waals surface area contributed by atoms with Gasteiger partial charge in [-0.2, -0.15) is 0 Å². The number of carbonyl (C=O) groups excluding carboxylic acids is 1. The van der Waals surface area contributed by atoms with Crippen molar-refractivity contribution in [1.82, 2.24) is 4.90 Å². The summed E-state index contributed by atoms with van der Waals surface area (Å²) in [7, 11) is 0. The molecule has 1 saturated heterocycles. The summed E-state index contributed by atoms with van der Waals surface area (Å²) >= 11 is 0. The standard InChI is InChI=1S/C15H28N2O/c1-11-8-12(9-16)10-17(11)14(18)13-6-4-5-7-15(13,2)3/h11-13H,4-10,16H2,1-3H3. The van der Waals surface area contributed by atoms with Crippen molar-refractivity contribution >= 4 is 5.91 Å². The zero-order valence-corrected chi connectivity index (χ0v) is 12.1. The van der Waals surface area contributed by atoms with Crippen LogP contribution in [0.3, 0.4) is 0 Å². The predicted molar refractivity (Wildman–Crippen MR) is 74.1 cm³/mol. The highest BCUT2D eigenvalue weighted by Gasteiger charge is 2.42. The second-order valence-electron chi connectivity index (χ2n) is 6.96. The molecule has 1 heterocycles. The van der Waals surface area contributed by atoms with Gasteiger partial charge in [-0.15, -0.1) is 0 Å². The molecule has 104 valence electrons. The van der Waals surface area contributed by atoms with Crippen LogP contribution in [0.5, 0.6) is 0 Å². The maximum atomic E-state index is 12.8. The van der Waals surface area contributed by atoms with Crippen molar-refractivity contribution in [2.24, 2.45) is 23.0 Å². The van der Waals surface area contributed by atoms with Gasteiger partial charge in [0.1, 0.15) is 0 Å². The molecule has 2 fully saturated rings. The van der Waals surface area contributed by atoms with Crippen LogP contribution in [0.25, 0.3) is 0 Å². The average molecular weight is 252 g/mol. The third-order valence-electron chi connectivity index (χ3n) is 5.08. The van der Waals surface area contributed by atoms with Crippen molar-refractivity contribution in [3.63, 3.8) is 0 Å². The van der Waals surface area contributed by atoms with Crippen LogP contribution in [0.1, 0.15) is 52.9 Å². The van der Waals surface area contributed by atoms with E-state index in [1.807, 2.05) is 0 Å². The first kappa shape index (κ1) is 13.9. The summed E-state index contributed by atoms with van der Waals surface area (Å²) in [6.45, 7) is 8.28. The van der Waals surface area contributed by atoms with E-state index in [0.29, 0.717) is 24.4 Å². The number of nitrogens with zero attached hydrogens (tertiary/aromatic N) is 1. The van der Waals surface area contributed by atoms with Gasteiger partial charge in [-0.3, -0.25) is 4.79 Å². The summed E-state index contributed by atoms with van der Waals surface area (Å²) in [6.07, 6.45) is 5.82. The minimum Gasteiger partial charge on any atom is -0.339 e. The molecule has 0 spiro atoms. The van der Waals surface area contributed by atoms with E-state index in [9.17, 15) is 4.79 Å². The molecule has 2 rings (SSSR count). The van der Waals surface area contributed by atoms with E-state index in [1.54, 1.807) is 0 Å². The molecule has 2 N–H and O–H groups in total. The molecule has 2 aliphatic rings. The van der Waals surface area contributed by atoms with Crippen LogP contribution < -0.4 is 5.73 Å². The average Bonchev–Trinajstić information content (AvgIpc) is 2.69. The van der Waals surface area contributed by atoms with E-state index >= 15 is 0 Å². The normalized spacial score (nSPS) is 35.8. The number of likely N-dealkylation sites (tertiary alicyclic amines) is 1. The highest BCUT2D eigenvalue weighted by molar-refractivity contribution is 5.80. The first-order valence-electron chi connectivity index (χ1n) is 7.46. The largest absolute Gasteiger partial charge is 0.339 e. The van der Waals surface area contributed by atoms with Gasteiger partial charge < -0.3 is 10.6 Å². The van der Waals surface area contributed by atoms with Gasteiger partial charge in [0.05, 0.1) is 0 Å². The van der Waals surface area contributed by atoms with Crippen molar-refractivity contribution < 1.29 is 4.79 Å². The van der Waals surface area contributed by atoms with Gasteiger partial charge in [0.2, 0.25) is 5.91 Å². The lowest BCUT2D eigenvalue weighted by atomic mass is 9.68. The van der Waals surface area contributed by atoms with Gasteiger partial charge in [-0.05, 0) is 44.1 Å². The quantitative estimate of drug-likeness (QED) is 0.820. The molecular weight excluding hydrogens is 224 g/mol. The Morgan fingerprint density at radius 1 is 1.39 bits per heavy atom. The van der Waals surface area contributed by atoms with Crippen molar-refractivity contribution in [2.45, 2.75) is 58.9 Å². The van der Waals surface area contributed by atoms with Crippen molar-refractivity contribution in [3.05, 3.63) is 0 Å². The number of amides is 1. The summed E-state index contributed by atoms with van der Waals surface area (Å²) in [4.78, 5) is 14.9. The third-order valence-corrected chi connectivity index (χ3v) is 5.08. The van der Waals surface area contributed by atoms with Crippen molar-refractivity contribution in [3.8, 4) is 0 Å². The van der Waals surface area contributed by atoms with E-state index in [1.165, 1.54) is 19.3 Å². The fourth-order valence-electron chi connectivity index (χ4n) is 3.77. The maximum Gasteiger partial charge on any atom is 0.226 e. The SMILES string of the molecule is CC1CC(CN)CN1C(=O)C1CCCCC1(C)C. The fraction of sp³-hybridized carbons (Fsp3) is 0.933. The number of nitrogens with two attached hydrogens (primary N) is 1. The highest BCUT2D eigenvalue weighted by atomic mass is 16.2. The Labute approximate surface area is 111 Å². The van der Waals surface area contributed by atoms with Crippen LogP contribution in [0.2, 0.25) is 0 Å². The summed E-state index contributed by atoms with van der Waals surface area (Å²) < 4.78 is 0. The number of rotatable bonds is 2. The second kappa shape index (κ2) is 5.20. The Kier molecular flexibility index (Phi) is 4.00. The number of carbonyl (C=O) groups is 1. The lowest BCUT2D eigenvalue weighted by molar-refractivity contribution is -0.141. The summed E-state index contributed by atoms with van der Waals surface area (Å²) in [5, 5.41) is 0. The summed E-state index contributed by atoms with van der Waals surface area (Å²) in [5.74, 6) is 1.13. The van der Waals surface area contributed by atoms with E-state index < -0.39 is 0 Å². The van der Waals surface area contributed by atoms with Crippen molar-refractivity contribution in [1.29, 1.82) is 0 Å². The first-order chi connectivity index (χ1) is 8.45. The summed E-state index contributed by atoms with van der Waals surface area (Å²) in [5.41, 5.74) is 5.93. The molecule has 0 bridgehead atoms. The van der Waals surface area contributed by atoms with Gasteiger partial charge in [-0.25, -0.2) is 0 Å². The molecule has 18 heavy (non-hydrogen) atoms. The van der Waals surface area contributed by atoms with Gasteiger partial charge in [0.15, 0.2) is 0 Å². The topological polar surface area (TPSA) is 46.3 Å². The van der Waals surface area contributed by atoms with E-state index in [0.717, 1.165) is 19.4 Å². The number of hydrogen-bond acceptors (Lipinski definition) is 2. The molecule has 1 saturated carbocycles. The molecule has 3 nitrogen and oxygen atoms in total. The molecule has 3 heteroatoms. The molecular formula is C15H28N2O. The van der Waals surface area contributed by atoms with Gasteiger partial charge >= 0.3 is 0 Å². The van der Waals surface area contributed by atoms with Crippen LogP contribution in [0, 0.1) is 17.3 Å². The first-order valence-corrected chi connectivity index (χ1v) is 7.46. The lowest BCUT2D eigenvalue weighted by Gasteiger charge is -2.40. The van der Waals surface area contributed by atoms with Crippen LogP contribution in [0.15, 0.2) is 0 Å². The molecule has 0 radical (unpaired) electrons. The van der Waals surface area contributed by atoms with E-state index in [2.05, 4.69) is 25.7 Å². The molecule has 1 aliphatic heterocycles. The summed E-state index contributed by atoms with van der Waals surface area (Å²) in [6, 6.07) is 0.378. The van der Waals surface area contributed by atoms with E-state index in [4.69, 9.17) is 5.73 Å². The monoisotopic (exact) mass is 252 g/mol. The zero-order valence-electron chi connectivity index (χ0n) is 12.1. The van der Waals surface area contributed by atoms with Gasteiger partial charge in [0, 0.05) is 18.5 Å². The van der Waals surface area contributed by atoms with E-state index in [-0.39, 0.29) is 11.3 Å². The Bertz CT molecular complexity index is 314. The Balaban J connectivity index is 2.06. The fourth-order valence-corrected chi connectivity index (χ4v) is 3.77. The Morgan fingerprint density at radius 3 is 2.67 bits per heavy atom. The maximum absolute atomic E-state index is 12.8. The highest BCUT2D eigenvalue weighted by Crippen LogP contribution is 2.42. The molecule has 1 aliphatic carbocycles. The molecule has 0 aromatic rings. The van der Waals surface area contributed by atoms with Gasteiger partial charge in [0.25, 0.3) is 0 Å². The third kappa shape index (κ3) is 2.56. The van der Waals surface area contributed by atoms with Crippen LogP contribution in [0.4, 0.5) is 0 Å². The molecule has 3 atom stereocenters. The minimum absolute atomic E-state index is 0.176. The van der Waals surface area contributed by atoms with Crippen LogP contribution in [-0.4, -0.2) is 29.9 Å². The van der Waals surface area contributed by atoms with Crippen LogP contribution >= 0.6 is 0 Å². The molecule has 3 unspecified atom stereocenters. The Hall–Kier alpha value is -0.570. The van der Waals surface area contributed by atoms with Crippen LogP contribution in [-0.2, 0) is 4.79 Å². The van der Waals surface area contributed by atoms with Gasteiger partial charge in [-0.1, -0.05) is 26.7 Å².